The molecule has 0 radical (unpaired) electrons. The molecule has 2 aromatic carbocycles. The van der Waals surface area contributed by atoms with Gasteiger partial charge >= 0.3 is 0 Å². The summed E-state index contributed by atoms with van der Waals surface area (Å²) in [5.41, 5.74) is 2.90. The highest BCUT2D eigenvalue weighted by atomic mass is 16.5. The van der Waals surface area contributed by atoms with Crippen LogP contribution in [0.4, 0.5) is 0 Å². The first kappa shape index (κ1) is 16.2. The third-order valence-corrected chi connectivity index (χ3v) is 2.92. The Hall–Kier alpha value is -3.22. The number of aromatic hydroxyl groups is 3. The number of para-hydroxylation sites is 1. The zero-order valence-corrected chi connectivity index (χ0v) is 12.4. The molecule has 0 aliphatic heterocycles. The van der Waals surface area contributed by atoms with Gasteiger partial charge in [-0.05, 0) is 31.2 Å². The Morgan fingerprint density at radius 1 is 1.22 bits per heavy atom. The molecular formula is C16H16N2O5. The molecule has 1 amide bonds. The Kier molecular flexibility index (Phi) is 5.03. The van der Waals surface area contributed by atoms with Crippen LogP contribution < -0.4 is 10.2 Å². The van der Waals surface area contributed by atoms with E-state index in [1.54, 1.807) is 12.1 Å². The van der Waals surface area contributed by atoms with Crippen molar-refractivity contribution in [1.29, 1.82) is 0 Å². The van der Waals surface area contributed by atoms with Crippen molar-refractivity contribution in [1.82, 2.24) is 5.43 Å². The smallest absolute Gasteiger partial charge is 0.271 e. The molecule has 120 valence electrons. The van der Waals surface area contributed by atoms with Crippen molar-refractivity contribution < 1.29 is 24.9 Å². The number of hydrazone groups is 1. The van der Waals surface area contributed by atoms with E-state index in [1.807, 2.05) is 19.1 Å². The van der Waals surface area contributed by atoms with Gasteiger partial charge in [-0.2, -0.15) is 5.10 Å². The van der Waals surface area contributed by atoms with E-state index < -0.39 is 23.2 Å². The quantitative estimate of drug-likeness (QED) is 0.383. The fourth-order valence-electron chi connectivity index (χ4n) is 1.83. The fourth-order valence-corrected chi connectivity index (χ4v) is 1.83. The number of nitrogens with one attached hydrogen (secondary N) is 1. The van der Waals surface area contributed by atoms with Crippen LogP contribution in [-0.2, 0) is 0 Å². The number of carbonyl (C=O) groups excluding carboxylic acids is 1. The van der Waals surface area contributed by atoms with Gasteiger partial charge in [-0.15, -0.1) is 0 Å². The number of phenols is 3. The predicted molar refractivity (Wildman–Crippen MR) is 84.1 cm³/mol. The summed E-state index contributed by atoms with van der Waals surface area (Å²) in [4.78, 5) is 11.9. The number of phenolic OH excluding ortho intramolecular Hbond substituents is 3. The van der Waals surface area contributed by atoms with Crippen molar-refractivity contribution >= 4 is 12.1 Å². The Balaban J connectivity index is 2.10. The topological polar surface area (TPSA) is 111 Å². The average molecular weight is 316 g/mol. The highest BCUT2D eigenvalue weighted by Gasteiger charge is 2.12. The molecule has 2 rings (SSSR count). The minimum absolute atomic E-state index is 0.0481. The summed E-state index contributed by atoms with van der Waals surface area (Å²) in [6, 6.07) is 9.23. The third kappa shape index (κ3) is 3.91. The van der Waals surface area contributed by atoms with Crippen molar-refractivity contribution in [2.45, 2.75) is 6.92 Å². The van der Waals surface area contributed by atoms with E-state index >= 15 is 0 Å². The van der Waals surface area contributed by atoms with Gasteiger partial charge in [0.2, 0.25) is 0 Å². The van der Waals surface area contributed by atoms with Crippen LogP contribution in [0.3, 0.4) is 0 Å². The molecule has 0 saturated heterocycles. The first-order valence-electron chi connectivity index (χ1n) is 6.83. The van der Waals surface area contributed by atoms with Crippen LogP contribution in [0.15, 0.2) is 41.5 Å². The normalized spacial score (nSPS) is 10.7. The van der Waals surface area contributed by atoms with Gasteiger partial charge in [0.1, 0.15) is 5.75 Å². The molecule has 0 atom stereocenters. The molecule has 0 aliphatic carbocycles. The number of hydrogen-bond donors (Lipinski definition) is 4. The summed E-state index contributed by atoms with van der Waals surface area (Å²) in [5, 5.41) is 31.8. The minimum atomic E-state index is -0.685. The molecule has 0 heterocycles. The monoisotopic (exact) mass is 316 g/mol. The maximum absolute atomic E-state index is 11.9. The number of amides is 1. The molecule has 0 unspecified atom stereocenters. The van der Waals surface area contributed by atoms with Gasteiger partial charge in [0, 0.05) is 11.1 Å². The Morgan fingerprint density at radius 2 is 1.87 bits per heavy atom. The van der Waals surface area contributed by atoms with Crippen molar-refractivity contribution in [2.75, 3.05) is 6.61 Å². The van der Waals surface area contributed by atoms with Gasteiger partial charge in [-0.25, -0.2) is 5.43 Å². The molecule has 0 fully saturated rings. The lowest BCUT2D eigenvalue weighted by molar-refractivity contribution is 0.0954. The van der Waals surface area contributed by atoms with E-state index in [0.29, 0.717) is 17.9 Å². The van der Waals surface area contributed by atoms with Gasteiger partial charge in [0.15, 0.2) is 17.2 Å². The largest absolute Gasteiger partial charge is 0.504 e. The number of benzene rings is 2. The predicted octanol–water partition coefficient (Wildman–Crippen LogP) is 1.97. The first-order valence-corrected chi connectivity index (χ1v) is 6.83. The molecule has 4 N–H and O–H groups in total. The van der Waals surface area contributed by atoms with E-state index in [4.69, 9.17) is 4.74 Å². The molecule has 7 nitrogen and oxygen atoms in total. The molecule has 0 aromatic heterocycles. The highest BCUT2D eigenvalue weighted by Crippen LogP contribution is 2.35. The molecule has 7 heteroatoms. The molecule has 0 bridgehead atoms. The van der Waals surface area contributed by atoms with E-state index in [2.05, 4.69) is 10.5 Å². The second-order valence-corrected chi connectivity index (χ2v) is 4.53. The van der Waals surface area contributed by atoms with Crippen LogP contribution in [0.1, 0.15) is 22.8 Å². The molecular weight excluding hydrogens is 300 g/mol. The molecule has 0 spiro atoms. The summed E-state index contributed by atoms with van der Waals surface area (Å²) in [5.74, 6) is -1.90. The van der Waals surface area contributed by atoms with Gasteiger partial charge in [-0.1, -0.05) is 12.1 Å². The Labute approximate surface area is 132 Å². The van der Waals surface area contributed by atoms with E-state index in [9.17, 15) is 20.1 Å². The van der Waals surface area contributed by atoms with Crippen LogP contribution >= 0.6 is 0 Å². The molecule has 2 aromatic rings. The standard InChI is InChI=1S/C16H16N2O5/c1-2-23-14-6-4-3-5-10(14)9-17-18-16(22)11-7-12(19)15(21)13(20)8-11/h3-9,19-21H,2H2,1H3,(H,18,22). The van der Waals surface area contributed by atoms with E-state index in [-0.39, 0.29) is 5.56 Å². The van der Waals surface area contributed by atoms with E-state index in [0.717, 1.165) is 12.1 Å². The van der Waals surface area contributed by atoms with Crippen molar-refractivity contribution in [3.05, 3.63) is 47.5 Å². The van der Waals surface area contributed by atoms with Crippen LogP contribution in [0.25, 0.3) is 0 Å². The summed E-state index contributed by atoms with van der Waals surface area (Å²) < 4.78 is 5.43. The lowest BCUT2D eigenvalue weighted by Crippen LogP contribution is -2.17. The maximum atomic E-state index is 11.9. The fraction of sp³-hybridized carbons (Fsp3) is 0.125. The number of hydrogen-bond acceptors (Lipinski definition) is 6. The number of carbonyl (C=O) groups is 1. The van der Waals surface area contributed by atoms with Crippen molar-refractivity contribution in [3.8, 4) is 23.0 Å². The first-order chi connectivity index (χ1) is 11.0. The van der Waals surface area contributed by atoms with Crippen LogP contribution in [0.2, 0.25) is 0 Å². The Morgan fingerprint density at radius 3 is 2.52 bits per heavy atom. The lowest BCUT2D eigenvalue weighted by Gasteiger charge is -2.06. The summed E-state index contributed by atoms with van der Waals surface area (Å²) in [6.07, 6.45) is 1.42. The second kappa shape index (κ2) is 7.17. The Bertz CT molecular complexity index is 720. The lowest BCUT2D eigenvalue weighted by atomic mass is 10.2. The summed E-state index contributed by atoms with van der Waals surface area (Å²) >= 11 is 0. The second-order valence-electron chi connectivity index (χ2n) is 4.53. The maximum Gasteiger partial charge on any atom is 0.271 e. The summed E-state index contributed by atoms with van der Waals surface area (Å²) in [7, 11) is 0. The van der Waals surface area contributed by atoms with Crippen molar-refractivity contribution in [3.63, 3.8) is 0 Å². The SMILES string of the molecule is CCOc1ccccc1C=NNC(=O)c1cc(O)c(O)c(O)c1. The zero-order chi connectivity index (χ0) is 16.8. The number of nitrogens with zero attached hydrogens (tertiary/aromatic N) is 1. The number of ether oxygens (including phenoxy) is 1. The molecule has 0 saturated carbocycles. The third-order valence-electron chi connectivity index (χ3n) is 2.92. The number of rotatable bonds is 5. The summed E-state index contributed by atoms with van der Waals surface area (Å²) in [6.45, 7) is 2.36. The highest BCUT2D eigenvalue weighted by molar-refractivity contribution is 5.96. The van der Waals surface area contributed by atoms with Crippen LogP contribution in [-0.4, -0.2) is 34.0 Å². The van der Waals surface area contributed by atoms with E-state index in [1.165, 1.54) is 6.21 Å². The average Bonchev–Trinajstić information content (AvgIpc) is 2.54. The molecule has 0 aliphatic rings. The van der Waals surface area contributed by atoms with Gasteiger partial charge < -0.3 is 20.1 Å². The van der Waals surface area contributed by atoms with Gasteiger partial charge in [-0.3, -0.25) is 4.79 Å². The zero-order valence-electron chi connectivity index (χ0n) is 12.4. The van der Waals surface area contributed by atoms with Crippen molar-refractivity contribution in [2.24, 2.45) is 5.10 Å². The van der Waals surface area contributed by atoms with Gasteiger partial charge in [0.25, 0.3) is 5.91 Å². The van der Waals surface area contributed by atoms with Crippen LogP contribution in [0.5, 0.6) is 23.0 Å². The van der Waals surface area contributed by atoms with Crippen LogP contribution in [0, 0.1) is 0 Å². The van der Waals surface area contributed by atoms with Gasteiger partial charge in [0.05, 0.1) is 12.8 Å². The molecule has 23 heavy (non-hydrogen) atoms. The minimum Gasteiger partial charge on any atom is -0.504 e.